The lowest BCUT2D eigenvalue weighted by Crippen LogP contribution is -2.18. The summed E-state index contributed by atoms with van der Waals surface area (Å²) >= 11 is 0. The maximum Gasteiger partial charge on any atom is 0.0230 e. The van der Waals surface area contributed by atoms with Crippen LogP contribution in [0.1, 0.15) is 83.1 Å². The molecule has 1 rings (SSSR count). The molecule has 134 valence electrons. The molecule has 1 nitrogen and oxygen atoms in total. The van der Waals surface area contributed by atoms with Gasteiger partial charge in [-0.25, -0.2) is 0 Å². The highest BCUT2D eigenvalue weighted by atomic mass is 79.9. The van der Waals surface area contributed by atoms with Gasteiger partial charge in [-0.05, 0) is 25.6 Å². The molecule has 0 amide bonds. The Hall–Kier alpha value is -0.340. The smallest absolute Gasteiger partial charge is 0.0230 e. The summed E-state index contributed by atoms with van der Waals surface area (Å²) in [6.45, 7) is 4.60. The zero-order valence-electron chi connectivity index (χ0n) is 15.4. The number of rotatable bonds is 14. The molecule has 1 aromatic carbocycles. The highest BCUT2D eigenvalue weighted by Gasteiger charge is 1.99. The van der Waals surface area contributed by atoms with E-state index in [0.29, 0.717) is 0 Å². The standard InChI is InChI=1S/C21H37N.BrH/c1-3-4-5-6-7-8-9-10-11-12-16-19-22(2)20-21-17-14-13-15-18-21;/h13-15,17-18H,3-12,16,19-20H2,1-2H3;1H. The lowest BCUT2D eigenvalue weighted by Gasteiger charge is -2.16. The molecule has 0 saturated heterocycles. The summed E-state index contributed by atoms with van der Waals surface area (Å²) in [6, 6.07) is 10.8. The summed E-state index contributed by atoms with van der Waals surface area (Å²) in [5, 5.41) is 0. The van der Waals surface area contributed by atoms with E-state index in [9.17, 15) is 0 Å². The summed E-state index contributed by atoms with van der Waals surface area (Å²) in [5.74, 6) is 0. The number of benzene rings is 1. The van der Waals surface area contributed by atoms with Crippen LogP contribution in [0.4, 0.5) is 0 Å². The van der Waals surface area contributed by atoms with Crippen LogP contribution in [0.3, 0.4) is 0 Å². The van der Waals surface area contributed by atoms with Crippen molar-refractivity contribution in [2.75, 3.05) is 13.6 Å². The predicted molar refractivity (Wildman–Crippen MR) is 110 cm³/mol. The molecule has 0 N–H and O–H groups in total. The Balaban J connectivity index is 0.00000484. The minimum absolute atomic E-state index is 0. The van der Waals surface area contributed by atoms with Crippen LogP contribution in [0.2, 0.25) is 0 Å². The lowest BCUT2D eigenvalue weighted by molar-refractivity contribution is 0.316. The van der Waals surface area contributed by atoms with Crippen molar-refractivity contribution in [2.45, 2.75) is 84.1 Å². The van der Waals surface area contributed by atoms with E-state index in [-0.39, 0.29) is 17.0 Å². The fraction of sp³-hybridized carbons (Fsp3) is 0.714. The van der Waals surface area contributed by atoms with Gasteiger partial charge in [0, 0.05) is 6.54 Å². The molecule has 23 heavy (non-hydrogen) atoms. The molecule has 0 atom stereocenters. The maximum absolute atomic E-state index is 2.45. The molecular weight excluding hydrogens is 346 g/mol. The summed E-state index contributed by atoms with van der Waals surface area (Å²) in [4.78, 5) is 2.45. The Morgan fingerprint density at radius 1 is 0.696 bits per heavy atom. The number of unbranched alkanes of at least 4 members (excludes halogenated alkanes) is 10. The molecular formula is C21H38BrN. The first-order chi connectivity index (χ1) is 10.8. The molecule has 0 aliphatic heterocycles. The van der Waals surface area contributed by atoms with Gasteiger partial charge in [0.05, 0.1) is 0 Å². The van der Waals surface area contributed by atoms with Crippen molar-refractivity contribution in [3.63, 3.8) is 0 Å². The topological polar surface area (TPSA) is 3.24 Å². The molecule has 0 saturated carbocycles. The number of hydrogen-bond donors (Lipinski definition) is 0. The van der Waals surface area contributed by atoms with Crippen LogP contribution < -0.4 is 0 Å². The molecule has 0 fully saturated rings. The molecule has 0 unspecified atom stereocenters. The molecule has 0 heterocycles. The van der Waals surface area contributed by atoms with E-state index in [2.05, 4.69) is 49.2 Å². The van der Waals surface area contributed by atoms with E-state index in [1.54, 1.807) is 0 Å². The summed E-state index contributed by atoms with van der Waals surface area (Å²) in [6.07, 6.45) is 15.7. The van der Waals surface area contributed by atoms with Gasteiger partial charge in [0.25, 0.3) is 0 Å². The van der Waals surface area contributed by atoms with Gasteiger partial charge >= 0.3 is 0 Å². The fourth-order valence-corrected chi connectivity index (χ4v) is 3.02. The van der Waals surface area contributed by atoms with Gasteiger partial charge < -0.3 is 4.90 Å². The minimum atomic E-state index is 0. The molecule has 1 aromatic rings. The van der Waals surface area contributed by atoms with Crippen LogP contribution >= 0.6 is 17.0 Å². The zero-order valence-corrected chi connectivity index (χ0v) is 17.1. The monoisotopic (exact) mass is 383 g/mol. The van der Waals surface area contributed by atoms with Crippen molar-refractivity contribution in [1.29, 1.82) is 0 Å². The number of nitrogens with zero attached hydrogens (tertiary/aromatic N) is 1. The summed E-state index contributed by atoms with van der Waals surface area (Å²) in [7, 11) is 2.24. The number of halogens is 1. The van der Waals surface area contributed by atoms with E-state index in [4.69, 9.17) is 0 Å². The van der Waals surface area contributed by atoms with Crippen molar-refractivity contribution in [1.82, 2.24) is 4.90 Å². The molecule has 0 spiro atoms. The van der Waals surface area contributed by atoms with Crippen LogP contribution in [0, 0.1) is 0 Å². The second kappa shape index (κ2) is 16.5. The van der Waals surface area contributed by atoms with Crippen LogP contribution in [0.15, 0.2) is 30.3 Å². The van der Waals surface area contributed by atoms with E-state index >= 15 is 0 Å². The first-order valence-electron chi connectivity index (χ1n) is 9.55. The van der Waals surface area contributed by atoms with Crippen LogP contribution in [-0.4, -0.2) is 18.5 Å². The average Bonchev–Trinajstić information content (AvgIpc) is 2.53. The third-order valence-corrected chi connectivity index (χ3v) is 4.44. The number of hydrogen-bond acceptors (Lipinski definition) is 1. The Labute approximate surface area is 155 Å². The van der Waals surface area contributed by atoms with Crippen LogP contribution in [-0.2, 0) is 6.54 Å². The van der Waals surface area contributed by atoms with E-state index in [0.717, 1.165) is 6.54 Å². The Morgan fingerprint density at radius 3 is 1.70 bits per heavy atom. The molecule has 2 heteroatoms. The third-order valence-electron chi connectivity index (χ3n) is 4.44. The molecule has 0 aliphatic rings. The fourth-order valence-electron chi connectivity index (χ4n) is 3.02. The highest BCUT2D eigenvalue weighted by Crippen LogP contribution is 2.11. The molecule has 0 aromatic heterocycles. The van der Waals surface area contributed by atoms with Crippen LogP contribution in [0.5, 0.6) is 0 Å². The summed E-state index contributed by atoms with van der Waals surface area (Å²) in [5.41, 5.74) is 1.42. The van der Waals surface area contributed by atoms with Crippen molar-refractivity contribution in [3.05, 3.63) is 35.9 Å². The van der Waals surface area contributed by atoms with E-state index in [1.807, 2.05) is 0 Å². The normalized spacial score (nSPS) is 10.7. The van der Waals surface area contributed by atoms with Gasteiger partial charge in [-0.15, -0.1) is 17.0 Å². The predicted octanol–water partition coefficient (Wildman–Crippen LogP) is 7.01. The Bertz CT molecular complexity index is 339. The van der Waals surface area contributed by atoms with Gasteiger partial charge in [0.1, 0.15) is 0 Å². The lowest BCUT2D eigenvalue weighted by atomic mass is 10.1. The first kappa shape index (κ1) is 22.7. The van der Waals surface area contributed by atoms with Gasteiger partial charge in [0.15, 0.2) is 0 Å². The van der Waals surface area contributed by atoms with Crippen molar-refractivity contribution >= 4 is 17.0 Å². The van der Waals surface area contributed by atoms with Gasteiger partial charge in [0.2, 0.25) is 0 Å². The Morgan fingerprint density at radius 2 is 1.17 bits per heavy atom. The van der Waals surface area contributed by atoms with Crippen molar-refractivity contribution < 1.29 is 0 Å². The average molecular weight is 384 g/mol. The molecule has 0 radical (unpaired) electrons. The zero-order chi connectivity index (χ0) is 15.9. The van der Waals surface area contributed by atoms with Gasteiger partial charge in [-0.1, -0.05) is 101 Å². The maximum atomic E-state index is 2.45. The second-order valence-corrected chi connectivity index (χ2v) is 6.76. The third kappa shape index (κ3) is 13.8. The molecule has 0 aliphatic carbocycles. The quantitative estimate of drug-likeness (QED) is 0.312. The Kier molecular flexibility index (Phi) is 16.3. The SMILES string of the molecule is Br.CCCCCCCCCCCCCN(C)Cc1ccccc1. The first-order valence-corrected chi connectivity index (χ1v) is 9.55. The van der Waals surface area contributed by atoms with Crippen molar-refractivity contribution in [3.8, 4) is 0 Å². The molecule has 0 bridgehead atoms. The van der Waals surface area contributed by atoms with E-state index in [1.165, 1.54) is 82.7 Å². The van der Waals surface area contributed by atoms with Crippen LogP contribution in [0.25, 0.3) is 0 Å². The minimum Gasteiger partial charge on any atom is -0.302 e. The van der Waals surface area contributed by atoms with Crippen molar-refractivity contribution in [2.24, 2.45) is 0 Å². The second-order valence-electron chi connectivity index (χ2n) is 6.76. The summed E-state index contributed by atoms with van der Waals surface area (Å²) < 4.78 is 0. The van der Waals surface area contributed by atoms with E-state index < -0.39 is 0 Å². The van der Waals surface area contributed by atoms with Gasteiger partial charge in [-0.3, -0.25) is 0 Å². The highest BCUT2D eigenvalue weighted by molar-refractivity contribution is 8.93. The largest absolute Gasteiger partial charge is 0.302 e. The van der Waals surface area contributed by atoms with Gasteiger partial charge in [-0.2, -0.15) is 0 Å².